The highest BCUT2D eigenvalue weighted by atomic mass is 19.1. The van der Waals surface area contributed by atoms with Crippen LogP contribution in [0.5, 0.6) is 5.75 Å². The number of benzene rings is 3. The number of piperazine rings is 1. The fraction of sp³-hybridized carbons (Fsp3) is 0.200. The number of aromatic amines is 1. The fourth-order valence-electron chi connectivity index (χ4n) is 4.06. The summed E-state index contributed by atoms with van der Waals surface area (Å²) in [5.41, 5.74) is 3.72. The molecule has 5 rings (SSSR count). The minimum absolute atomic E-state index is 0.0155. The van der Waals surface area contributed by atoms with Crippen LogP contribution >= 0.6 is 0 Å². The van der Waals surface area contributed by atoms with Gasteiger partial charge in [0.1, 0.15) is 17.4 Å². The molecule has 7 heteroatoms. The summed E-state index contributed by atoms with van der Waals surface area (Å²) >= 11 is 0. The van der Waals surface area contributed by atoms with Crippen LogP contribution < -0.4 is 0 Å². The topological polar surface area (TPSA) is 72.5 Å². The molecule has 1 aliphatic rings. The molecular formula is C25H23FN4O2. The summed E-state index contributed by atoms with van der Waals surface area (Å²) in [4.78, 5) is 24.9. The number of amides is 1. The lowest BCUT2D eigenvalue weighted by Gasteiger charge is -2.34. The zero-order chi connectivity index (χ0) is 22.1. The van der Waals surface area contributed by atoms with Crippen LogP contribution in [0.2, 0.25) is 0 Å². The van der Waals surface area contributed by atoms with Crippen LogP contribution in [0.3, 0.4) is 0 Å². The van der Waals surface area contributed by atoms with E-state index in [1.54, 1.807) is 42.5 Å². The van der Waals surface area contributed by atoms with Crippen molar-refractivity contribution in [3.63, 3.8) is 0 Å². The maximum absolute atomic E-state index is 13.9. The number of imidazole rings is 1. The zero-order valence-electron chi connectivity index (χ0n) is 17.5. The third kappa shape index (κ3) is 4.07. The largest absolute Gasteiger partial charge is 0.508 e. The summed E-state index contributed by atoms with van der Waals surface area (Å²) in [6, 6.07) is 19.1. The molecule has 1 fully saturated rings. The Morgan fingerprint density at radius 1 is 1.00 bits per heavy atom. The number of hydrogen-bond donors (Lipinski definition) is 2. The molecule has 6 nitrogen and oxygen atoms in total. The Morgan fingerprint density at radius 2 is 1.75 bits per heavy atom. The standard InChI is InChI=1S/C25H23FN4O2/c26-21-4-2-1-3-19(21)16-29-11-13-30(14-12-29)25(32)18-7-10-22-23(15-18)28-24(27-22)17-5-8-20(31)9-6-17/h1-10,15,31H,11-14,16H2,(H,27,28). The molecule has 2 heterocycles. The number of nitrogens with one attached hydrogen (secondary N) is 1. The summed E-state index contributed by atoms with van der Waals surface area (Å²) in [6.07, 6.45) is 0. The first-order chi connectivity index (χ1) is 15.6. The third-order valence-corrected chi connectivity index (χ3v) is 5.88. The summed E-state index contributed by atoms with van der Waals surface area (Å²) < 4.78 is 13.9. The number of nitrogens with zero attached hydrogens (tertiary/aromatic N) is 3. The summed E-state index contributed by atoms with van der Waals surface area (Å²) in [5.74, 6) is 0.682. The average Bonchev–Trinajstić information content (AvgIpc) is 3.24. The highest BCUT2D eigenvalue weighted by Gasteiger charge is 2.23. The lowest BCUT2D eigenvalue weighted by Crippen LogP contribution is -2.48. The molecule has 3 aromatic carbocycles. The molecule has 0 atom stereocenters. The number of fused-ring (bicyclic) bond motifs is 1. The van der Waals surface area contributed by atoms with Crippen molar-refractivity contribution in [2.45, 2.75) is 6.54 Å². The molecule has 4 aromatic rings. The minimum Gasteiger partial charge on any atom is -0.508 e. The van der Waals surface area contributed by atoms with Gasteiger partial charge in [0.15, 0.2) is 0 Å². The lowest BCUT2D eigenvalue weighted by molar-refractivity contribution is 0.0627. The van der Waals surface area contributed by atoms with Crippen LogP contribution in [0, 0.1) is 5.82 Å². The first-order valence-corrected chi connectivity index (χ1v) is 10.6. The van der Waals surface area contributed by atoms with Crippen LogP contribution in [0.15, 0.2) is 66.7 Å². The van der Waals surface area contributed by atoms with Gasteiger partial charge in [-0.2, -0.15) is 0 Å². The Morgan fingerprint density at radius 3 is 2.50 bits per heavy atom. The van der Waals surface area contributed by atoms with E-state index in [1.807, 2.05) is 23.1 Å². The number of phenols is 1. The maximum Gasteiger partial charge on any atom is 0.254 e. The molecule has 0 unspecified atom stereocenters. The van der Waals surface area contributed by atoms with Gasteiger partial charge >= 0.3 is 0 Å². The van der Waals surface area contributed by atoms with E-state index in [1.165, 1.54) is 6.07 Å². The molecule has 32 heavy (non-hydrogen) atoms. The van der Waals surface area contributed by atoms with Crippen LogP contribution in [0.25, 0.3) is 22.4 Å². The number of H-pyrrole nitrogens is 1. The predicted octanol–water partition coefficient (Wildman–Crippen LogP) is 4.03. The van der Waals surface area contributed by atoms with Gasteiger partial charge in [-0.25, -0.2) is 9.37 Å². The Kier molecular flexibility index (Phi) is 5.33. The number of rotatable bonds is 4. The van der Waals surface area contributed by atoms with Gasteiger partial charge in [0, 0.05) is 49.4 Å². The van der Waals surface area contributed by atoms with Crippen molar-refractivity contribution >= 4 is 16.9 Å². The highest BCUT2D eigenvalue weighted by molar-refractivity contribution is 5.97. The van der Waals surface area contributed by atoms with E-state index in [-0.39, 0.29) is 17.5 Å². The van der Waals surface area contributed by atoms with Gasteiger partial charge in [-0.15, -0.1) is 0 Å². The first kappa shape index (κ1) is 20.2. The van der Waals surface area contributed by atoms with Crippen LogP contribution in [0.4, 0.5) is 4.39 Å². The molecule has 0 saturated carbocycles. The second-order valence-corrected chi connectivity index (χ2v) is 8.02. The summed E-state index contributed by atoms with van der Waals surface area (Å²) in [7, 11) is 0. The number of hydrogen-bond acceptors (Lipinski definition) is 4. The van der Waals surface area contributed by atoms with E-state index >= 15 is 0 Å². The number of aromatic nitrogens is 2. The lowest BCUT2D eigenvalue weighted by atomic mass is 10.1. The SMILES string of the molecule is O=C(c1ccc2nc(-c3ccc(O)cc3)[nH]c2c1)N1CCN(Cc2ccccc2F)CC1. The van der Waals surface area contributed by atoms with Crippen LogP contribution in [-0.2, 0) is 6.54 Å². The second kappa shape index (κ2) is 8.43. The minimum atomic E-state index is -0.189. The monoisotopic (exact) mass is 430 g/mol. The van der Waals surface area contributed by atoms with E-state index in [9.17, 15) is 14.3 Å². The molecule has 1 saturated heterocycles. The van der Waals surface area contributed by atoms with Crippen molar-refractivity contribution in [3.05, 3.63) is 83.7 Å². The van der Waals surface area contributed by atoms with E-state index in [0.29, 0.717) is 49.7 Å². The molecular weight excluding hydrogens is 407 g/mol. The van der Waals surface area contributed by atoms with E-state index in [4.69, 9.17) is 0 Å². The van der Waals surface area contributed by atoms with Crippen molar-refractivity contribution in [3.8, 4) is 17.1 Å². The van der Waals surface area contributed by atoms with Crippen molar-refractivity contribution in [1.29, 1.82) is 0 Å². The summed E-state index contributed by atoms with van der Waals surface area (Å²) in [5, 5.41) is 9.47. The first-order valence-electron chi connectivity index (χ1n) is 10.6. The third-order valence-electron chi connectivity index (χ3n) is 5.88. The van der Waals surface area contributed by atoms with Gasteiger partial charge in [0.05, 0.1) is 11.0 Å². The second-order valence-electron chi connectivity index (χ2n) is 8.02. The molecule has 1 aliphatic heterocycles. The Labute approximate surface area is 184 Å². The quantitative estimate of drug-likeness (QED) is 0.513. The van der Waals surface area contributed by atoms with Gasteiger partial charge < -0.3 is 15.0 Å². The van der Waals surface area contributed by atoms with Gasteiger partial charge in [-0.05, 0) is 48.5 Å². The van der Waals surface area contributed by atoms with Crippen molar-refractivity contribution in [1.82, 2.24) is 19.8 Å². The van der Waals surface area contributed by atoms with Gasteiger partial charge in [-0.1, -0.05) is 18.2 Å². The number of aromatic hydroxyl groups is 1. The van der Waals surface area contributed by atoms with Gasteiger partial charge in [0.25, 0.3) is 5.91 Å². The highest BCUT2D eigenvalue weighted by Crippen LogP contribution is 2.24. The molecule has 0 spiro atoms. The molecule has 1 aromatic heterocycles. The van der Waals surface area contributed by atoms with Crippen molar-refractivity contribution in [2.75, 3.05) is 26.2 Å². The van der Waals surface area contributed by atoms with Crippen LogP contribution in [0.1, 0.15) is 15.9 Å². The molecule has 1 amide bonds. The Balaban J connectivity index is 1.27. The molecule has 0 aliphatic carbocycles. The Hall–Kier alpha value is -3.71. The zero-order valence-corrected chi connectivity index (χ0v) is 17.5. The van der Waals surface area contributed by atoms with Crippen molar-refractivity contribution in [2.24, 2.45) is 0 Å². The van der Waals surface area contributed by atoms with E-state index < -0.39 is 0 Å². The number of halogens is 1. The molecule has 0 radical (unpaired) electrons. The molecule has 0 bridgehead atoms. The predicted molar refractivity (Wildman–Crippen MR) is 121 cm³/mol. The normalized spacial score (nSPS) is 14.7. The van der Waals surface area contributed by atoms with Crippen molar-refractivity contribution < 1.29 is 14.3 Å². The molecule has 162 valence electrons. The number of phenolic OH excluding ortho intramolecular Hbond substituents is 1. The van der Waals surface area contributed by atoms with E-state index in [0.717, 1.165) is 16.6 Å². The average molecular weight is 430 g/mol. The number of carbonyl (C=O) groups excluding carboxylic acids is 1. The fourth-order valence-corrected chi connectivity index (χ4v) is 4.06. The maximum atomic E-state index is 13.9. The smallest absolute Gasteiger partial charge is 0.254 e. The van der Waals surface area contributed by atoms with Crippen LogP contribution in [-0.4, -0.2) is 57.0 Å². The summed E-state index contributed by atoms with van der Waals surface area (Å²) in [6.45, 7) is 3.17. The Bertz CT molecular complexity index is 1260. The molecule has 2 N–H and O–H groups in total. The van der Waals surface area contributed by atoms with E-state index in [2.05, 4.69) is 14.9 Å². The number of carbonyl (C=O) groups is 1. The van der Waals surface area contributed by atoms with Gasteiger partial charge in [-0.3, -0.25) is 9.69 Å². The van der Waals surface area contributed by atoms with Gasteiger partial charge in [0.2, 0.25) is 0 Å².